The summed E-state index contributed by atoms with van der Waals surface area (Å²) >= 11 is 0. The summed E-state index contributed by atoms with van der Waals surface area (Å²) in [5.74, 6) is 14.3. The van der Waals surface area contributed by atoms with Gasteiger partial charge in [-0.3, -0.25) is 9.59 Å². The van der Waals surface area contributed by atoms with Crippen molar-refractivity contribution in [2.45, 2.75) is 129 Å². The summed E-state index contributed by atoms with van der Waals surface area (Å²) in [6, 6.07) is 3.87. The van der Waals surface area contributed by atoms with Crippen molar-refractivity contribution in [1.29, 1.82) is 0 Å². The Kier molecular flexibility index (Phi) is 18.1. The molecular weight excluding hydrogens is 568 g/mol. The van der Waals surface area contributed by atoms with Crippen LogP contribution in [0.1, 0.15) is 141 Å². The maximum atomic E-state index is 11.5. The molecule has 246 valence electrons. The molecule has 1 aromatic carbocycles. The minimum Gasteiger partial charge on any atom is -0.492 e. The summed E-state index contributed by atoms with van der Waals surface area (Å²) in [6.45, 7) is 5.69. The largest absolute Gasteiger partial charge is 0.492 e. The van der Waals surface area contributed by atoms with Gasteiger partial charge in [0.25, 0.3) is 0 Å². The highest BCUT2D eigenvalue weighted by atomic mass is 16.5. The second-order valence-electron chi connectivity index (χ2n) is 12.3. The number of carbonyl (C=O) groups excluding carboxylic acids is 2. The zero-order valence-corrected chi connectivity index (χ0v) is 28.4. The van der Waals surface area contributed by atoms with E-state index in [2.05, 4.69) is 37.5 Å². The monoisotopic (exact) mass is 622 g/mol. The minimum absolute atomic E-state index is 0.598. The lowest BCUT2D eigenvalue weighted by molar-refractivity contribution is -0.105. The molecule has 0 fully saturated rings. The van der Waals surface area contributed by atoms with E-state index in [-0.39, 0.29) is 0 Å². The molecule has 3 rings (SSSR count). The third-order valence-corrected chi connectivity index (χ3v) is 8.48. The van der Waals surface area contributed by atoms with Gasteiger partial charge in [0, 0.05) is 34.4 Å². The first-order chi connectivity index (χ1) is 22.7. The van der Waals surface area contributed by atoms with Gasteiger partial charge in [-0.05, 0) is 37.8 Å². The number of rotatable bonds is 22. The lowest BCUT2D eigenvalue weighted by Crippen LogP contribution is -2.03. The third-order valence-electron chi connectivity index (χ3n) is 8.48. The van der Waals surface area contributed by atoms with Crippen LogP contribution in [0.3, 0.4) is 0 Å². The van der Waals surface area contributed by atoms with Crippen LogP contribution in [0.5, 0.6) is 11.5 Å². The predicted molar refractivity (Wildman–Crippen MR) is 190 cm³/mol. The van der Waals surface area contributed by atoms with E-state index in [0.717, 1.165) is 60.5 Å². The summed E-state index contributed by atoms with van der Waals surface area (Å²) < 4.78 is 12.7. The molecule has 0 amide bonds. The van der Waals surface area contributed by atoms with Crippen LogP contribution < -0.4 is 9.47 Å². The lowest BCUT2D eigenvalue weighted by atomic mass is 10.1. The van der Waals surface area contributed by atoms with Gasteiger partial charge in [0.15, 0.2) is 0 Å². The van der Waals surface area contributed by atoms with Crippen LogP contribution in [0.4, 0.5) is 0 Å². The maximum absolute atomic E-state index is 11.5. The highest BCUT2D eigenvalue weighted by Gasteiger charge is 2.13. The summed E-state index contributed by atoms with van der Waals surface area (Å²) in [5.41, 5.74) is 4.34. The van der Waals surface area contributed by atoms with Crippen LogP contribution in [-0.2, 0) is 9.59 Å². The van der Waals surface area contributed by atoms with Gasteiger partial charge < -0.3 is 9.47 Å². The van der Waals surface area contributed by atoms with Crippen molar-refractivity contribution in [2.75, 3.05) is 13.2 Å². The fraction of sp³-hybridized carbons (Fsp3) is 0.524. The number of carbonyl (C=O) groups is 2. The number of benzene rings is 1. The molecule has 4 nitrogen and oxygen atoms in total. The zero-order chi connectivity index (χ0) is 32.7. The number of unbranched alkanes of at least 4 members (excludes halogenated alkanes) is 14. The van der Waals surface area contributed by atoms with Crippen LogP contribution in [0.2, 0.25) is 0 Å². The average molecular weight is 623 g/mol. The Labute approximate surface area is 278 Å². The lowest BCUT2D eigenvalue weighted by Gasteiger charge is -2.14. The Morgan fingerprint density at radius 1 is 0.543 bits per heavy atom. The Balaban J connectivity index is 1.79. The van der Waals surface area contributed by atoms with E-state index in [0.29, 0.717) is 48.7 Å². The first-order valence-electron chi connectivity index (χ1n) is 17.9. The van der Waals surface area contributed by atoms with Gasteiger partial charge in [-0.25, -0.2) is 0 Å². The van der Waals surface area contributed by atoms with Crippen molar-refractivity contribution in [3.8, 4) is 35.2 Å². The van der Waals surface area contributed by atoms with Crippen LogP contribution >= 0.6 is 0 Å². The molecule has 4 heteroatoms. The predicted octanol–water partition coefficient (Wildman–Crippen LogP) is 10.3. The molecule has 0 saturated carbocycles. The number of allylic oxidation sites excluding steroid dienone is 8. The van der Waals surface area contributed by atoms with E-state index in [9.17, 15) is 9.59 Å². The molecule has 0 aliphatic heterocycles. The van der Waals surface area contributed by atoms with E-state index in [1.165, 1.54) is 77.0 Å². The fourth-order valence-corrected chi connectivity index (χ4v) is 5.61. The van der Waals surface area contributed by atoms with Crippen LogP contribution in [0.25, 0.3) is 0 Å². The Hall–Kier alpha value is -3.76. The molecule has 0 N–H and O–H groups in total. The van der Waals surface area contributed by atoms with Crippen molar-refractivity contribution in [3.63, 3.8) is 0 Å². The van der Waals surface area contributed by atoms with Gasteiger partial charge in [-0.1, -0.05) is 140 Å². The average Bonchev–Trinajstić information content (AvgIpc) is 3.74. The summed E-state index contributed by atoms with van der Waals surface area (Å²) in [4.78, 5) is 23.0. The van der Waals surface area contributed by atoms with Crippen LogP contribution in [0, 0.1) is 23.7 Å². The van der Waals surface area contributed by atoms with Crippen molar-refractivity contribution < 1.29 is 19.1 Å². The molecule has 46 heavy (non-hydrogen) atoms. The number of aldehydes is 2. The van der Waals surface area contributed by atoms with Crippen molar-refractivity contribution in [2.24, 2.45) is 0 Å². The summed E-state index contributed by atoms with van der Waals surface area (Å²) in [5, 5.41) is 0. The maximum Gasteiger partial charge on any atom is 0.147 e. The van der Waals surface area contributed by atoms with Crippen molar-refractivity contribution in [3.05, 3.63) is 69.9 Å². The molecule has 0 unspecified atom stereocenters. The summed E-state index contributed by atoms with van der Waals surface area (Å²) in [6.07, 6.45) is 30.4. The highest BCUT2D eigenvalue weighted by molar-refractivity contribution is 5.81. The molecule has 0 atom stereocenters. The second kappa shape index (κ2) is 22.7. The van der Waals surface area contributed by atoms with Crippen LogP contribution in [-0.4, -0.2) is 25.8 Å². The van der Waals surface area contributed by atoms with Gasteiger partial charge in [0.2, 0.25) is 0 Å². The van der Waals surface area contributed by atoms with Crippen LogP contribution in [0.15, 0.2) is 58.7 Å². The Morgan fingerprint density at radius 3 is 1.28 bits per heavy atom. The normalized spacial score (nSPS) is 13.4. The fourth-order valence-electron chi connectivity index (χ4n) is 5.61. The smallest absolute Gasteiger partial charge is 0.147 e. The van der Waals surface area contributed by atoms with E-state index < -0.39 is 0 Å². The third kappa shape index (κ3) is 13.3. The van der Waals surface area contributed by atoms with Gasteiger partial charge in [-0.2, -0.15) is 0 Å². The highest BCUT2D eigenvalue weighted by Crippen LogP contribution is 2.30. The molecule has 0 bridgehead atoms. The van der Waals surface area contributed by atoms with Crippen molar-refractivity contribution >= 4 is 12.6 Å². The topological polar surface area (TPSA) is 52.6 Å². The van der Waals surface area contributed by atoms with E-state index in [1.807, 2.05) is 36.4 Å². The van der Waals surface area contributed by atoms with Gasteiger partial charge in [0.1, 0.15) is 24.1 Å². The molecule has 0 aromatic heterocycles. The van der Waals surface area contributed by atoms with E-state index in [4.69, 9.17) is 9.47 Å². The quantitative estimate of drug-likeness (QED) is 0.0733. The standard InChI is InChI=1S/C42H54O4/c1-3-5-7-9-11-13-15-17-29-45-41-31-38(28-26-36-22-20-24-40(36)34-44)42(46-30-18-16-14-12-10-8-6-4-2)32-37(41)27-25-35-21-19-23-39(35)33-43/h19-22,31-34H,3-18,23-24,29-30H2,1-2H3. The molecule has 2 aliphatic rings. The molecule has 0 heterocycles. The number of hydrogen-bond acceptors (Lipinski definition) is 4. The molecule has 0 saturated heterocycles. The van der Waals surface area contributed by atoms with E-state index in [1.54, 1.807) is 0 Å². The first kappa shape index (κ1) is 36.7. The van der Waals surface area contributed by atoms with Gasteiger partial charge >= 0.3 is 0 Å². The second-order valence-corrected chi connectivity index (χ2v) is 12.3. The molecule has 0 radical (unpaired) electrons. The number of ether oxygens (including phenoxy) is 2. The Bertz CT molecular complexity index is 1260. The van der Waals surface area contributed by atoms with Gasteiger partial charge in [0.05, 0.1) is 24.3 Å². The zero-order valence-electron chi connectivity index (χ0n) is 28.4. The number of hydrogen-bond donors (Lipinski definition) is 0. The molecular formula is C42H54O4. The molecule has 2 aliphatic carbocycles. The summed E-state index contributed by atoms with van der Waals surface area (Å²) in [7, 11) is 0. The SMILES string of the molecule is CCCCCCCCCCOc1cc(C#CC2=C(C=O)CC=C2)c(OCCCCCCCCCC)cc1C#CC1=C(C=O)CC=C1. The Morgan fingerprint density at radius 2 is 0.913 bits per heavy atom. The first-order valence-corrected chi connectivity index (χ1v) is 17.9. The minimum atomic E-state index is 0.598. The van der Waals surface area contributed by atoms with Crippen molar-refractivity contribution in [1.82, 2.24) is 0 Å². The van der Waals surface area contributed by atoms with E-state index >= 15 is 0 Å². The molecule has 0 spiro atoms. The van der Waals surface area contributed by atoms with Gasteiger partial charge in [-0.15, -0.1) is 0 Å². The molecule has 1 aromatic rings.